The van der Waals surface area contributed by atoms with Gasteiger partial charge in [0.05, 0.1) is 22.2 Å². The van der Waals surface area contributed by atoms with E-state index in [9.17, 15) is 12.8 Å². The van der Waals surface area contributed by atoms with Gasteiger partial charge in [-0.15, -0.1) is 0 Å². The third kappa shape index (κ3) is 3.30. The smallest absolute Gasteiger partial charge is 0.261 e. The van der Waals surface area contributed by atoms with Crippen molar-refractivity contribution < 1.29 is 12.8 Å². The van der Waals surface area contributed by atoms with Crippen molar-refractivity contribution in [2.24, 2.45) is 0 Å². The fraction of sp³-hybridized carbons (Fsp3) is 0.0714. The van der Waals surface area contributed by atoms with Gasteiger partial charge in [0.2, 0.25) is 0 Å². The molecule has 0 radical (unpaired) electrons. The number of benzene rings is 2. The maximum atomic E-state index is 13.2. The Hall–Kier alpha value is -2.59. The highest BCUT2D eigenvalue weighted by Crippen LogP contribution is 2.21. The van der Waals surface area contributed by atoms with E-state index in [4.69, 9.17) is 11.0 Å². The molecule has 0 unspecified atom stereocenters. The van der Waals surface area contributed by atoms with E-state index in [0.717, 1.165) is 12.1 Å². The number of halogens is 1. The summed E-state index contributed by atoms with van der Waals surface area (Å²) < 4.78 is 39.9. The van der Waals surface area contributed by atoms with Gasteiger partial charge >= 0.3 is 0 Å². The van der Waals surface area contributed by atoms with Gasteiger partial charge in [0, 0.05) is 5.69 Å². The van der Waals surface area contributed by atoms with Gasteiger partial charge in [-0.2, -0.15) is 5.26 Å². The average Bonchev–Trinajstić information content (AvgIpc) is 2.36. The van der Waals surface area contributed by atoms with E-state index in [-0.39, 0.29) is 16.3 Å². The second-order valence-corrected chi connectivity index (χ2v) is 6.15. The van der Waals surface area contributed by atoms with Crippen molar-refractivity contribution in [3.05, 3.63) is 53.3 Å². The normalized spacial score (nSPS) is 10.9. The topological polar surface area (TPSA) is 96.0 Å². The van der Waals surface area contributed by atoms with Gasteiger partial charge in [0.25, 0.3) is 10.0 Å². The largest absolute Gasteiger partial charge is 0.399 e. The number of anilines is 2. The molecule has 0 spiro atoms. The quantitative estimate of drug-likeness (QED) is 0.851. The summed E-state index contributed by atoms with van der Waals surface area (Å²) in [5, 5.41) is 8.84. The molecule has 0 aliphatic rings. The highest BCUT2D eigenvalue weighted by Gasteiger charge is 2.16. The van der Waals surface area contributed by atoms with E-state index in [1.54, 1.807) is 6.92 Å². The first-order chi connectivity index (χ1) is 9.81. The van der Waals surface area contributed by atoms with Crippen LogP contribution in [-0.2, 0) is 10.0 Å². The van der Waals surface area contributed by atoms with Gasteiger partial charge in [-0.05, 0) is 48.9 Å². The molecule has 0 aliphatic carbocycles. The monoisotopic (exact) mass is 305 g/mol. The minimum Gasteiger partial charge on any atom is -0.399 e. The summed E-state index contributed by atoms with van der Waals surface area (Å²) in [7, 11) is -3.88. The first-order valence-corrected chi connectivity index (χ1v) is 7.40. The highest BCUT2D eigenvalue weighted by molar-refractivity contribution is 7.92. The molecule has 5 nitrogen and oxygen atoms in total. The van der Waals surface area contributed by atoms with E-state index in [1.807, 2.05) is 6.07 Å². The lowest BCUT2D eigenvalue weighted by atomic mass is 10.1. The summed E-state index contributed by atoms with van der Waals surface area (Å²) in [6.07, 6.45) is 0. The molecule has 0 aliphatic heterocycles. The van der Waals surface area contributed by atoms with E-state index in [0.29, 0.717) is 11.1 Å². The summed E-state index contributed by atoms with van der Waals surface area (Å²) in [5.41, 5.74) is 6.55. The Labute approximate surface area is 121 Å². The van der Waals surface area contributed by atoms with Crippen LogP contribution >= 0.6 is 0 Å². The van der Waals surface area contributed by atoms with Crippen molar-refractivity contribution in [1.29, 1.82) is 5.26 Å². The minimum atomic E-state index is -3.88. The van der Waals surface area contributed by atoms with Gasteiger partial charge in [-0.25, -0.2) is 12.8 Å². The van der Waals surface area contributed by atoms with Gasteiger partial charge in [-0.1, -0.05) is 0 Å². The Morgan fingerprint density at radius 1 is 1.24 bits per heavy atom. The van der Waals surface area contributed by atoms with Crippen molar-refractivity contribution in [1.82, 2.24) is 0 Å². The Morgan fingerprint density at radius 2 is 1.95 bits per heavy atom. The van der Waals surface area contributed by atoms with Gasteiger partial charge in [-0.3, -0.25) is 4.72 Å². The van der Waals surface area contributed by atoms with Crippen LogP contribution in [0.5, 0.6) is 0 Å². The molecular formula is C14H12FN3O2S. The van der Waals surface area contributed by atoms with Crippen LogP contribution in [0.3, 0.4) is 0 Å². The van der Waals surface area contributed by atoms with E-state index >= 15 is 0 Å². The molecule has 0 aromatic heterocycles. The minimum absolute atomic E-state index is 0.0122. The second kappa shape index (κ2) is 5.42. The summed E-state index contributed by atoms with van der Waals surface area (Å²) in [4.78, 5) is -0.0122. The Morgan fingerprint density at radius 3 is 2.52 bits per heavy atom. The molecule has 0 bridgehead atoms. The average molecular weight is 305 g/mol. The SMILES string of the molecule is Cc1cc(S(=O)(=O)Nc2cc(N)cc(F)c2)ccc1C#N. The molecular weight excluding hydrogens is 293 g/mol. The standard InChI is InChI=1S/C14H12FN3O2S/c1-9-4-14(3-2-10(9)8-16)21(19,20)18-13-6-11(15)5-12(17)7-13/h2-7,18H,17H2,1H3. The van der Waals surface area contributed by atoms with Crippen LogP contribution in [0.1, 0.15) is 11.1 Å². The van der Waals surface area contributed by atoms with Crippen LogP contribution in [0, 0.1) is 24.1 Å². The number of nitrogens with two attached hydrogens (primary N) is 1. The van der Waals surface area contributed by atoms with Crippen LogP contribution in [0.25, 0.3) is 0 Å². The van der Waals surface area contributed by atoms with Crippen molar-refractivity contribution in [2.75, 3.05) is 10.5 Å². The first kappa shape index (κ1) is 14.8. The third-order valence-electron chi connectivity index (χ3n) is 2.80. The molecule has 7 heteroatoms. The van der Waals surface area contributed by atoms with Crippen molar-refractivity contribution in [3.63, 3.8) is 0 Å². The Kier molecular flexibility index (Phi) is 3.82. The summed E-state index contributed by atoms with van der Waals surface area (Å²) >= 11 is 0. The molecule has 2 aromatic rings. The zero-order chi connectivity index (χ0) is 15.6. The summed E-state index contributed by atoms with van der Waals surface area (Å²) in [6.45, 7) is 1.64. The maximum absolute atomic E-state index is 13.2. The number of rotatable bonds is 3. The van der Waals surface area contributed by atoms with Gasteiger partial charge < -0.3 is 5.73 Å². The van der Waals surface area contributed by atoms with Crippen LogP contribution in [-0.4, -0.2) is 8.42 Å². The number of nitrogens with zero attached hydrogens (tertiary/aromatic N) is 1. The van der Waals surface area contributed by atoms with E-state index in [1.165, 1.54) is 24.3 Å². The summed E-state index contributed by atoms with van der Waals surface area (Å²) in [5.74, 6) is -0.635. The molecule has 0 fully saturated rings. The van der Waals surface area contributed by atoms with Gasteiger partial charge in [0.15, 0.2) is 0 Å². The van der Waals surface area contributed by atoms with Crippen molar-refractivity contribution >= 4 is 21.4 Å². The molecule has 0 atom stereocenters. The van der Waals surface area contributed by atoms with E-state index < -0.39 is 15.8 Å². The third-order valence-corrected chi connectivity index (χ3v) is 4.18. The first-order valence-electron chi connectivity index (χ1n) is 5.91. The maximum Gasteiger partial charge on any atom is 0.261 e. The number of nitriles is 1. The molecule has 0 heterocycles. The molecule has 108 valence electrons. The molecule has 2 aromatic carbocycles. The Balaban J connectivity index is 2.39. The Bertz CT molecular complexity index is 822. The van der Waals surface area contributed by atoms with Gasteiger partial charge in [0.1, 0.15) is 5.82 Å². The number of nitrogens with one attached hydrogen (secondary N) is 1. The molecule has 3 N–H and O–H groups in total. The lowest BCUT2D eigenvalue weighted by Gasteiger charge is -2.10. The van der Waals surface area contributed by atoms with Crippen molar-refractivity contribution in [2.45, 2.75) is 11.8 Å². The number of nitrogen functional groups attached to an aromatic ring is 1. The predicted octanol–water partition coefficient (Wildman–Crippen LogP) is 2.39. The van der Waals surface area contributed by atoms with Crippen LogP contribution in [0.2, 0.25) is 0 Å². The number of hydrogen-bond donors (Lipinski definition) is 2. The fourth-order valence-electron chi connectivity index (χ4n) is 1.81. The molecule has 0 amide bonds. The van der Waals surface area contributed by atoms with E-state index in [2.05, 4.69) is 4.72 Å². The molecule has 21 heavy (non-hydrogen) atoms. The lowest BCUT2D eigenvalue weighted by Crippen LogP contribution is -2.13. The second-order valence-electron chi connectivity index (χ2n) is 4.47. The lowest BCUT2D eigenvalue weighted by molar-refractivity contribution is 0.601. The number of sulfonamides is 1. The van der Waals surface area contributed by atoms with Crippen LogP contribution < -0.4 is 10.5 Å². The zero-order valence-electron chi connectivity index (χ0n) is 11.1. The number of hydrogen-bond acceptors (Lipinski definition) is 4. The molecule has 0 saturated heterocycles. The molecule has 2 rings (SSSR count). The highest BCUT2D eigenvalue weighted by atomic mass is 32.2. The van der Waals surface area contributed by atoms with Crippen LogP contribution in [0.15, 0.2) is 41.3 Å². The van der Waals surface area contributed by atoms with Crippen molar-refractivity contribution in [3.8, 4) is 6.07 Å². The summed E-state index contributed by atoms with van der Waals surface area (Å²) in [6, 6.07) is 9.51. The van der Waals surface area contributed by atoms with Crippen LogP contribution in [0.4, 0.5) is 15.8 Å². The zero-order valence-corrected chi connectivity index (χ0v) is 11.9. The molecule has 0 saturated carbocycles. The fourth-order valence-corrected chi connectivity index (χ4v) is 2.94. The predicted molar refractivity (Wildman–Crippen MR) is 77.5 cm³/mol. The number of aryl methyl sites for hydroxylation is 1.